The minimum atomic E-state index is -0.494. The molecule has 0 N–H and O–H groups in total. The van der Waals surface area contributed by atoms with Crippen LogP contribution in [0.2, 0.25) is 0 Å². The molecule has 2 rings (SSSR count). The third kappa shape index (κ3) is 3.27. The third-order valence-electron chi connectivity index (χ3n) is 2.90. The first-order valence-electron chi connectivity index (χ1n) is 5.89. The van der Waals surface area contributed by atoms with Crippen molar-refractivity contribution >= 4 is 37.6 Å². The highest BCUT2D eigenvalue weighted by Gasteiger charge is 2.20. The Morgan fingerprint density at radius 2 is 1.62 bits per heavy atom. The number of hydrogen-bond acceptors (Lipinski definition) is 3. The van der Waals surface area contributed by atoms with Crippen LogP contribution in [0.4, 0.5) is 4.39 Å². The molecule has 0 spiro atoms. The van der Waals surface area contributed by atoms with Crippen molar-refractivity contribution in [1.82, 2.24) is 0 Å². The smallest absolute Gasteiger partial charge is 0.200 e. The Morgan fingerprint density at radius 3 is 2.24 bits per heavy atom. The molecule has 0 aromatic heterocycles. The van der Waals surface area contributed by atoms with Crippen LogP contribution in [0.3, 0.4) is 0 Å². The Kier molecular flexibility index (Phi) is 5.00. The van der Waals surface area contributed by atoms with Crippen LogP contribution in [-0.2, 0) is 0 Å². The van der Waals surface area contributed by atoms with Gasteiger partial charge in [-0.1, -0.05) is 15.9 Å². The van der Waals surface area contributed by atoms with Gasteiger partial charge in [0.1, 0.15) is 17.3 Å². The molecule has 21 heavy (non-hydrogen) atoms. The van der Waals surface area contributed by atoms with Gasteiger partial charge in [-0.3, -0.25) is 4.79 Å². The van der Waals surface area contributed by atoms with Crippen LogP contribution in [0.15, 0.2) is 39.3 Å². The fourth-order valence-electron chi connectivity index (χ4n) is 1.87. The van der Waals surface area contributed by atoms with Gasteiger partial charge in [-0.25, -0.2) is 4.39 Å². The molecule has 6 heteroatoms. The molecule has 0 saturated carbocycles. The largest absolute Gasteiger partial charge is 0.496 e. The molecule has 0 fully saturated rings. The summed E-state index contributed by atoms with van der Waals surface area (Å²) in [6.45, 7) is 0. The number of methoxy groups -OCH3 is 2. The predicted molar refractivity (Wildman–Crippen MR) is 84.8 cm³/mol. The van der Waals surface area contributed by atoms with E-state index >= 15 is 0 Å². The molecular weight excluding hydrogens is 407 g/mol. The molecule has 0 radical (unpaired) electrons. The molecule has 0 amide bonds. The van der Waals surface area contributed by atoms with Gasteiger partial charge in [-0.2, -0.15) is 0 Å². The van der Waals surface area contributed by atoms with Crippen molar-refractivity contribution in [1.29, 1.82) is 0 Å². The lowest BCUT2D eigenvalue weighted by molar-refractivity contribution is 0.103. The number of ketones is 1. The van der Waals surface area contributed by atoms with Crippen molar-refractivity contribution in [2.75, 3.05) is 14.2 Å². The number of ether oxygens (including phenoxy) is 2. The molecule has 0 heterocycles. The first kappa shape index (κ1) is 16.0. The Bertz CT molecular complexity index is 702. The van der Waals surface area contributed by atoms with Gasteiger partial charge in [-0.05, 0) is 40.2 Å². The Balaban J connectivity index is 2.57. The number of carbonyl (C=O) groups excluding carboxylic acids is 1. The minimum Gasteiger partial charge on any atom is -0.496 e. The maximum atomic E-state index is 13.5. The monoisotopic (exact) mass is 416 g/mol. The van der Waals surface area contributed by atoms with Gasteiger partial charge in [0, 0.05) is 10.5 Å². The van der Waals surface area contributed by atoms with E-state index in [-0.39, 0.29) is 21.6 Å². The van der Waals surface area contributed by atoms with Crippen LogP contribution in [0.1, 0.15) is 15.9 Å². The molecule has 0 aliphatic rings. The first-order valence-corrected chi connectivity index (χ1v) is 7.47. The molecule has 0 aliphatic carbocycles. The third-order valence-corrected chi connectivity index (χ3v) is 4.00. The van der Waals surface area contributed by atoms with Crippen molar-refractivity contribution in [2.24, 2.45) is 0 Å². The summed E-state index contributed by atoms with van der Waals surface area (Å²) in [6, 6.07) is 7.64. The SMILES string of the molecule is COc1cc(Br)ccc1C(=O)c1cc(Br)c(F)cc1OC. The molecule has 0 atom stereocenters. The molecule has 2 aromatic rings. The van der Waals surface area contributed by atoms with Crippen LogP contribution >= 0.6 is 31.9 Å². The summed E-state index contributed by atoms with van der Waals surface area (Å²) >= 11 is 6.39. The Hall–Kier alpha value is -1.40. The predicted octanol–water partition coefficient (Wildman–Crippen LogP) is 4.60. The average Bonchev–Trinajstić information content (AvgIpc) is 2.48. The van der Waals surface area contributed by atoms with Crippen molar-refractivity contribution in [2.45, 2.75) is 0 Å². The minimum absolute atomic E-state index is 0.172. The van der Waals surface area contributed by atoms with E-state index in [1.165, 1.54) is 26.4 Å². The van der Waals surface area contributed by atoms with Gasteiger partial charge in [0.2, 0.25) is 5.78 Å². The van der Waals surface area contributed by atoms with Gasteiger partial charge < -0.3 is 9.47 Å². The number of hydrogen-bond donors (Lipinski definition) is 0. The van der Waals surface area contributed by atoms with E-state index < -0.39 is 5.82 Å². The lowest BCUT2D eigenvalue weighted by atomic mass is 10.0. The zero-order valence-corrected chi connectivity index (χ0v) is 14.4. The fourth-order valence-corrected chi connectivity index (χ4v) is 2.56. The fraction of sp³-hybridized carbons (Fsp3) is 0.133. The summed E-state index contributed by atoms with van der Waals surface area (Å²) in [6.07, 6.45) is 0. The van der Waals surface area contributed by atoms with Crippen molar-refractivity contribution in [3.8, 4) is 11.5 Å². The van der Waals surface area contributed by atoms with Crippen LogP contribution < -0.4 is 9.47 Å². The molecule has 0 saturated heterocycles. The molecule has 0 aliphatic heterocycles. The Labute approximate surface area is 138 Å². The number of carbonyl (C=O) groups is 1. The average molecular weight is 418 g/mol. The van der Waals surface area contributed by atoms with Crippen molar-refractivity contribution in [3.63, 3.8) is 0 Å². The van der Waals surface area contributed by atoms with Gasteiger partial charge in [0.05, 0.1) is 29.8 Å². The van der Waals surface area contributed by atoms with E-state index in [1.54, 1.807) is 18.2 Å². The van der Waals surface area contributed by atoms with Crippen LogP contribution in [-0.4, -0.2) is 20.0 Å². The number of halogens is 3. The van der Waals surface area contributed by atoms with Crippen LogP contribution in [0, 0.1) is 5.82 Å². The number of benzene rings is 2. The molecule has 110 valence electrons. The summed E-state index contributed by atoms with van der Waals surface area (Å²) in [5.74, 6) is -0.203. The summed E-state index contributed by atoms with van der Waals surface area (Å²) in [5.41, 5.74) is 0.629. The number of rotatable bonds is 4. The first-order chi connectivity index (χ1) is 9.97. The summed E-state index contributed by atoms with van der Waals surface area (Å²) < 4.78 is 24.8. The van der Waals surface area contributed by atoms with Gasteiger partial charge in [0.25, 0.3) is 0 Å². The zero-order chi connectivity index (χ0) is 15.6. The second-order valence-corrected chi connectivity index (χ2v) is 5.91. The van der Waals surface area contributed by atoms with E-state index in [2.05, 4.69) is 31.9 Å². The maximum Gasteiger partial charge on any atom is 0.200 e. The molecule has 0 unspecified atom stereocenters. The second kappa shape index (κ2) is 6.58. The Morgan fingerprint density at radius 1 is 1.00 bits per heavy atom. The van der Waals surface area contributed by atoms with Crippen LogP contribution in [0.5, 0.6) is 11.5 Å². The zero-order valence-electron chi connectivity index (χ0n) is 11.2. The highest BCUT2D eigenvalue weighted by Crippen LogP contribution is 2.31. The molecule has 0 bridgehead atoms. The topological polar surface area (TPSA) is 35.5 Å². The highest BCUT2D eigenvalue weighted by molar-refractivity contribution is 9.10. The summed E-state index contributed by atoms with van der Waals surface area (Å²) in [4.78, 5) is 12.7. The summed E-state index contributed by atoms with van der Waals surface area (Å²) in [7, 11) is 2.87. The normalized spacial score (nSPS) is 10.3. The highest BCUT2D eigenvalue weighted by atomic mass is 79.9. The van der Waals surface area contributed by atoms with E-state index in [9.17, 15) is 9.18 Å². The lowest BCUT2D eigenvalue weighted by Gasteiger charge is -2.12. The second-order valence-electron chi connectivity index (χ2n) is 4.14. The van der Waals surface area contributed by atoms with Crippen molar-refractivity contribution < 1.29 is 18.7 Å². The molecule has 2 aromatic carbocycles. The lowest BCUT2D eigenvalue weighted by Crippen LogP contribution is -2.07. The van der Waals surface area contributed by atoms with Gasteiger partial charge in [0.15, 0.2) is 0 Å². The van der Waals surface area contributed by atoms with E-state index in [1.807, 2.05) is 0 Å². The van der Waals surface area contributed by atoms with Gasteiger partial charge in [-0.15, -0.1) is 0 Å². The quantitative estimate of drug-likeness (QED) is 0.682. The standard InChI is InChI=1S/C15H11Br2FO3/c1-20-13-5-8(16)3-4-9(13)15(19)10-6-11(17)12(18)7-14(10)21-2/h3-7H,1-2H3. The molecular formula is C15H11Br2FO3. The summed E-state index contributed by atoms with van der Waals surface area (Å²) in [5, 5.41) is 0. The van der Waals surface area contributed by atoms with E-state index in [0.717, 1.165) is 4.47 Å². The van der Waals surface area contributed by atoms with Crippen molar-refractivity contribution in [3.05, 3.63) is 56.2 Å². The van der Waals surface area contributed by atoms with E-state index in [0.29, 0.717) is 11.3 Å². The van der Waals surface area contributed by atoms with Crippen LogP contribution in [0.25, 0.3) is 0 Å². The van der Waals surface area contributed by atoms with E-state index in [4.69, 9.17) is 9.47 Å². The van der Waals surface area contributed by atoms with Gasteiger partial charge >= 0.3 is 0 Å². The maximum absolute atomic E-state index is 13.5. The molecule has 3 nitrogen and oxygen atoms in total.